The molecule has 1 aromatic carbocycles. The molecule has 0 spiro atoms. The predicted octanol–water partition coefficient (Wildman–Crippen LogP) is 0.785. The lowest BCUT2D eigenvalue weighted by Crippen LogP contribution is -2.30. The van der Waals surface area contributed by atoms with Gasteiger partial charge < -0.3 is 16.0 Å². The highest BCUT2D eigenvalue weighted by Crippen LogP contribution is 2.17. The highest BCUT2D eigenvalue weighted by atomic mass is 16.1. The van der Waals surface area contributed by atoms with E-state index in [0.717, 1.165) is 16.5 Å². The largest absolute Gasteiger partial charge is 0.361 e. The average molecular weight is 217 g/mol. The summed E-state index contributed by atoms with van der Waals surface area (Å²) in [6.07, 6.45) is 2.27. The van der Waals surface area contributed by atoms with Gasteiger partial charge in [-0.2, -0.15) is 0 Å². The van der Waals surface area contributed by atoms with Gasteiger partial charge in [0.1, 0.15) is 0 Å². The van der Waals surface area contributed by atoms with Gasteiger partial charge in [0.15, 0.2) is 0 Å². The Morgan fingerprint density at radius 1 is 1.38 bits per heavy atom. The second-order valence-corrected chi connectivity index (χ2v) is 3.67. The summed E-state index contributed by atoms with van der Waals surface area (Å²) in [7, 11) is 0. The van der Waals surface area contributed by atoms with Crippen molar-refractivity contribution in [2.24, 2.45) is 5.73 Å². The van der Waals surface area contributed by atoms with E-state index in [1.165, 1.54) is 0 Å². The molecule has 0 bridgehead atoms. The zero-order chi connectivity index (χ0) is 11.4. The van der Waals surface area contributed by atoms with Crippen LogP contribution < -0.4 is 11.1 Å². The monoisotopic (exact) mass is 217 g/mol. The molecule has 0 unspecified atom stereocenters. The molecule has 0 aliphatic heterocycles. The van der Waals surface area contributed by atoms with E-state index < -0.39 is 0 Å². The number of nitrogens with one attached hydrogen (secondary N) is 2. The minimum absolute atomic E-state index is 0.00945. The van der Waals surface area contributed by atoms with E-state index in [0.29, 0.717) is 19.5 Å². The standard InChI is InChI=1S/C12H15N3O/c13-5-6-14-12(16)7-9-8-15-11-4-2-1-3-10(9)11/h1-4,8,15H,5-7,13H2,(H,14,16). The Hall–Kier alpha value is -1.81. The summed E-state index contributed by atoms with van der Waals surface area (Å²) in [4.78, 5) is 14.7. The van der Waals surface area contributed by atoms with E-state index in [1.807, 2.05) is 30.5 Å². The third-order valence-electron chi connectivity index (χ3n) is 2.49. The fourth-order valence-electron chi connectivity index (χ4n) is 1.72. The molecule has 4 nitrogen and oxygen atoms in total. The van der Waals surface area contributed by atoms with Gasteiger partial charge in [-0.05, 0) is 11.6 Å². The van der Waals surface area contributed by atoms with Crippen LogP contribution in [0.15, 0.2) is 30.5 Å². The smallest absolute Gasteiger partial charge is 0.224 e. The summed E-state index contributed by atoms with van der Waals surface area (Å²) in [6, 6.07) is 7.95. The normalized spacial score (nSPS) is 10.6. The maximum Gasteiger partial charge on any atom is 0.224 e. The van der Waals surface area contributed by atoms with Crippen LogP contribution in [-0.2, 0) is 11.2 Å². The third kappa shape index (κ3) is 2.23. The summed E-state index contributed by atoms with van der Waals surface area (Å²) in [5, 5.41) is 3.86. The molecule has 0 radical (unpaired) electrons. The van der Waals surface area contributed by atoms with Gasteiger partial charge in [0, 0.05) is 30.2 Å². The highest BCUT2D eigenvalue weighted by molar-refractivity contribution is 5.88. The van der Waals surface area contributed by atoms with Crippen LogP contribution >= 0.6 is 0 Å². The molecular weight excluding hydrogens is 202 g/mol. The lowest BCUT2D eigenvalue weighted by Gasteiger charge is -2.02. The quantitative estimate of drug-likeness (QED) is 0.708. The zero-order valence-electron chi connectivity index (χ0n) is 8.99. The number of aromatic nitrogens is 1. The number of H-pyrrole nitrogens is 1. The van der Waals surface area contributed by atoms with Crippen LogP contribution in [0.3, 0.4) is 0 Å². The van der Waals surface area contributed by atoms with Crippen molar-refractivity contribution in [3.8, 4) is 0 Å². The lowest BCUT2D eigenvalue weighted by atomic mass is 10.1. The summed E-state index contributed by atoms with van der Waals surface area (Å²) in [5.74, 6) is 0.00945. The van der Waals surface area contributed by atoms with Crippen molar-refractivity contribution in [2.75, 3.05) is 13.1 Å². The number of carbonyl (C=O) groups excluding carboxylic acids is 1. The van der Waals surface area contributed by atoms with Gasteiger partial charge in [-0.25, -0.2) is 0 Å². The molecule has 84 valence electrons. The first kappa shape index (κ1) is 10.7. The van der Waals surface area contributed by atoms with Crippen LogP contribution in [0.1, 0.15) is 5.56 Å². The summed E-state index contributed by atoms with van der Waals surface area (Å²) < 4.78 is 0. The molecule has 0 aliphatic rings. The fraction of sp³-hybridized carbons (Fsp3) is 0.250. The Morgan fingerprint density at radius 2 is 2.19 bits per heavy atom. The molecule has 0 fully saturated rings. The Bertz CT molecular complexity index is 490. The van der Waals surface area contributed by atoms with Crippen LogP contribution in [0.2, 0.25) is 0 Å². The molecule has 16 heavy (non-hydrogen) atoms. The molecule has 1 heterocycles. The summed E-state index contributed by atoms with van der Waals surface area (Å²) >= 11 is 0. The van der Waals surface area contributed by atoms with Gasteiger partial charge in [-0.15, -0.1) is 0 Å². The molecule has 1 aromatic heterocycles. The van der Waals surface area contributed by atoms with Gasteiger partial charge in [0.05, 0.1) is 6.42 Å². The minimum atomic E-state index is 0.00945. The van der Waals surface area contributed by atoms with E-state index in [9.17, 15) is 4.79 Å². The van der Waals surface area contributed by atoms with Crippen LogP contribution in [0.4, 0.5) is 0 Å². The van der Waals surface area contributed by atoms with E-state index in [4.69, 9.17) is 5.73 Å². The number of aromatic amines is 1. The Kier molecular flexibility index (Phi) is 3.22. The number of fused-ring (bicyclic) bond motifs is 1. The first-order valence-corrected chi connectivity index (χ1v) is 5.33. The second kappa shape index (κ2) is 4.81. The number of rotatable bonds is 4. The number of carbonyl (C=O) groups is 1. The van der Waals surface area contributed by atoms with Crippen LogP contribution in [0.5, 0.6) is 0 Å². The van der Waals surface area contributed by atoms with Crippen LogP contribution in [-0.4, -0.2) is 24.0 Å². The molecule has 2 aromatic rings. The predicted molar refractivity (Wildman–Crippen MR) is 64.1 cm³/mol. The summed E-state index contributed by atoms with van der Waals surface area (Å²) in [5.41, 5.74) is 7.40. The number of benzene rings is 1. The van der Waals surface area contributed by atoms with Crippen LogP contribution in [0.25, 0.3) is 10.9 Å². The number of nitrogens with two attached hydrogens (primary N) is 1. The molecule has 0 saturated carbocycles. The van der Waals surface area contributed by atoms with Crippen LogP contribution in [0, 0.1) is 0 Å². The average Bonchev–Trinajstić information content (AvgIpc) is 2.70. The van der Waals surface area contributed by atoms with Crippen molar-refractivity contribution in [3.63, 3.8) is 0 Å². The molecule has 4 heteroatoms. The van der Waals surface area contributed by atoms with Gasteiger partial charge in [-0.1, -0.05) is 18.2 Å². The first-order valence-electron chi connectivity index (χ1n) is 5.33. The molecule has 4 N–H and O–H groups in total. The zero-order valence-corrected chi connectivity index (χ0v) is 8.99. The molecule has 0 aliphatic carbocycles. The van der Waals surface area contributed by atoms with E-state index in [-0.39, 0.29) is 5.91 Å². The summed E-state index contributed by atoms with van der Waals surface area (Å²) in [6.45, 7) is 1.00. The van der Waals surface area contributed by atoms with Crippen molar-refractivity contribution in [1.82, 2.24) is 10.3 Å². The third-order valence-corrected chi connectivity index (χ3v) is 2.49. The number of amides is 1. The van der Waals surface area contributed by atoms with Crippen molar-refractivity contribution >= 4 is 16.8 Å². The molecule has 1 amide bonds. The highest BCUT2D eigenvalue weighted by Gasteiger charge is 2.07. The van der Waals surface area contributed by atoms with Crippen molar-refractivity contribution in [1.29, 1.82) is 0 Å². The Morgan fingerprint density at radius 3 is 3.00 bits per heavy atom. The van der Waals surface area contributed by atoms with E-state index in [1.54, 1.807) is 0 Å². The molecule has 0 saturated heterocycles. The van der Waals surface area contributed by atoms with E-state index in [2.05, 4.69) is 10.3 Å². The topological polar surface area (TPSA) is 70.9 Å². The first-order chi connectivity index (χ1) is 7.81. The Labute approximate surface area is 93.8 Å². The maximum atomic E-state index is 11.5. The lowest BCUT2D eigenvalue weighted by molar-refractivity contribution is -0.120. The SMILES string of the molecule is NCCNC(=O)Cc1c[nH]c2ccccc12. The Balaban J connectivity index is 2.12. The van der Waals surface area contributed by atoms with Gasteiger partial charge in [0.25, 0.3) is 0 Å². The number of hydrogen-bond donors (Lipinski definition) is 3. The minimum Gasteiger partial charge on any atom is -0.361 e. The maximum absolute atomic E-state index is 11.5. The fourth-order valence-corrected chi connectivity index (χ4v) is 1.72. The molecule has 2 rings (SSSR count). The van der Waals surface area contributed by atoms with E-state index >= 15 is 0 Å². The molecule has 0 atom stereocenters. The van der Waals surface area contributed by atoms with Crippen molar-refractivity contribution in [2.45, 2.75) is 6.42 Å². The van der Waals surface area contributed by atoms with Crippen molar-refractivity contribution in [3.05, 3.63) is 36.0 Å². The van der Waals surface area contributed by atoms with Gasteiger partial charge >= 0.3 is 0 Å². The second-order valence-electron chi connectivity index (χ2n) is 3.67. The van der Waals surface area contributed by atoms with Gasteiger partial charge in [-0.3, -0.25) is 4.79 Å². The molecular formula is C12H15N3O. The number of para-hydroxylation sites is 1. The van der Waals surface area contributed by atoms with Gasteiger partial charge in [0.2, 0.25) is 5.91 Å². The van der Waals surface area contributed by atoms with Crippen molar-refractivity contribution < 1.29 is 4.79 Å². The number of hydrogen-bond acceptors (Lipinski definition) is 2.